The number of carboxylic acids is 1. The van der Waals surface area contributed by atoms with Gasteiger partial charge in [0.2, 0.25) is 5.95 Å². The van der Waals surface area contributed by atoms with Crippen molar-refractivity contribution < 1.29 is 27.9 Å². The van der Waals surface area contributed by atoms with E-state index in [9.17, 15) is 18.0 Å². The standard InChI is InChI=1S/C27H23N5OS.C2HF3O2/c1-28-25-23-4-2-3-5-24(23)31-27(32-25)29-16-18-6-12-22(13-7-18)30-26(33)20-10-8-19(9-11-20)21-14-15-34-17-21;3-2(4,5)1(6)7/h2-15,17H,16H2,1H3,(H,30,33)(H2,28,29,31,32);(H,6,7). The van der Waals surface area contributed by atoms with E-state index in [1.807, 2.05) is 85.2 Å². The van der Waals surface area contributed by atoms with E-state index in [1.54, 1.807) is 11.3 Å². The van der Waals surface area contributed by atoms with Gasteiger partial charge in [0, 0.05) is 30.2 Å². The smallest absolute Gasteiger partial charge is 0.475 e. The number of hydrogen-bond acceptors (Lipinski definition) is 7. The lowest BCUT2D eigenvalue weighted by Crippen LogP contribution is -2.21. The molecule has 0 aliphatic carbocycles. The van der Waals surface area contributed by atoms with Crippen LogP contribution in [-0.2, 0) is 11.3 Å². The molecule has 0 fully saturated rings. The largest absolute Gasteiger partial charge is 0.490 e. The highest BCUT2D eigenvalue weighted by molar-refractivity contribution is 7.08. The van der Waals surface area contributed by atoms with Gasteiger partial charge in [-0.1, -0.05) is 36.4 Å². The van der Waals surface area contributed by atoms with Gasteiger partial charge in [-0.25, -0.2) is 9.78 Å². The van der Waals surface area contributed by atoms with Gasteiger partial charge in [-0.15, -0.1) is 0 Å². The second-order valence-corrected chi connectivity index (χ2v) is 9.34. The molecule has 2 aromatic heterocycles. The molecule has 12 heteroatoms. The summed E-state index contributed by atoms with van der Waals surface area (Å²) in [5.74, 6) is -1.54. The third-order valence-corrected chi connectivity index (χ3v) is 6.43. The molecule has 8 nitrogen and oxygen atoms in total. The number of hydrogen-bond donors (Lipinski definition) is 4. The Bertz CT molecular complexity index is 1630. The van der Waals surface area contributed by atoms with Crippen molar-refractivity contribution >= 4 is 51.6 Å². The Kier molecular flexibility index (Phi) is 9.15. The van der Waals surface area contributed by atoms with Crippen LogP contribution in [0.4, 0.5) is 30.6 Å². The Balaban J connectivity index is 0.000000493. The highest BCUT2D eigenvalue weighted by atomic mass is 32.1. The molecule has 0 saturated carbocycles. The maximum atomic E-state index is 12.6. The Morgan fingerprint density at radius 2 is 1.59 bits per heavy atom. The monoisotopic (exact) mass is 579 g/mol. The topological polar surface area (TPSA) is 116 Å². The van der Waals surface area contributed by atoms with Gasteiger partial charge in [0.15, 0.2) is 0 Å². The van der Waals surface area contributed by atoms with Crippen LogP contribution in [0.3, 0.4) is 0 Å². The predicted octanol–water partition coefficient (Wildman–Crippen LogP) is 6.90. The van der Waals surface area contributed by atoms with Crippen molar-refractivity contribution in [3.05, 3.63) is 101 Å². The summed E-state index contributed by atoms with van der Waals surface area (Å²) in [6.45, 7) is 0.569. The summed E-state index contributed by atoms with van der Waals surface area (Å²) < 4.78 is 31.7. The number of nitrogens with one attached hydrogen (secondary N) is 3. The average molecular weight is 580 g/mol. The van der Waals surface area contributed by atoms with Crippen molar-refractivity contribution in [2.45, 2.75) is 12.7 Å². The maximum Gasteiger partial charge on any atom is 0.490 e. The number of amides is 1. The molecule has 210 valence electrons. The molecular weight excluding hydrogens is 555 g/mol. The summed E-state index contributed by atoms with van der Waals surface area (Å²) >= 11 is 1.66. The van der Waals surface area contributed by atoms with Crippen molar-refractivity contribution in [3.8, 4) is 11.1 Å². The summed E-state index contributed by atoms with van der Waals surface area (Å²) in [5.41, 5.74) is 5.57. The molecule has 0 aliphatic heterocycles. The minimum atomic E-state index is -5.08. The zero-order valence-electron chi connectivity index (χ0n) is 21.6. The van der Waals surface area contributed by atoms with Crippen molar-refractivity contribution in [3.63, 3.8) is 0 Å². The van der Waals surface area contributed by atoms with E-state index >= 15 is 0 Å². The first-order valence-corrected chi connectivity index (χ1v) is 13.1. The van der Waals surface area contributed by atoms with Crippen molar-refractivity contribution in [1.82, 2.24) is 9.97 Å². The van der Waals surface area contributed by atoms with Gasteiger partial charge in [0.1, 0.15) is 5.82 Å². The number of carbonyl (C=O) groups excluding carboxylic acids is 1. The molecule has 4 N–H and O–H groups in total. The van der Waals surface area contributed by atoms with Crippen LogP contribution in [0.25, 0.3) is 22.0 Å². The highest BCUT2D eigenvalue weighted by Gasteiger charge is 2.38. The molecule has 0 aliphatic rings. The second-order valence-electron chi connectivity index (χ2n) is 8.56. The number of fused-ring (bicyclic) bond motifs is 1. The molecule has 2 heterocycles. The van der Waals surface area contributed by atoms with E-state index < -0.39 is 12.1 Å². The number of alkyl halides is 3. The van der Waals surface area contributed by atoms with Crippen LogP contribution in [0.1, 0.15) is 15.9 Å². The quantitative estimate of drug-likeness (QED) is 0.166. The van der Waals surface area contributed by atoms with Gasteiger partial charge in [-0.3, -0.25) is 4.79 Å². The minimum absolute atomic E-state index is 0.132. The van der Waals surface area contributed by atoms with Crippen molar-refractivity contribution in [2.24, 2.45) is 0 Å². The molecule has 0 saturated heterocycles. The van der Waals surface area contributed by atoms with E-state index in [-0.39, 0.29) is 5.91 Å². The van der Waals surface area contributed by atoms with E-state index in [1.165, 1.54) is 0 Å². The van der Waals surface area contributed by atoms with Crippen molar-refractivity contribution in [2.75, 3.05) is 23.0 Å². The fraction of sp³-hybridized carbons (Fsp3) is 0.103. The first-order chi connectivity index (χ1) is 19.6. The molecule has 0 bridgehead atoms. The number of carbonyl (C=O) groups is 2. The third-order valence-electron chi connectivity index (χ3n) is 5.75. The summed E-state index contributed by atoms with van der Waals surface area (Å²) in [6.07, 6.45) is -5.08. The van der Waals surface area contributed by atoms with E-state index in [2.05, 4.69) is 37.4 Å². The molecule has 0 unspecified atom stereocenters. The fourth-order valence-electron chi connectivity index (χ4n) is 3.68. The van der Waals surface area contributed by atoms with Gasteiger partial charge >= 0.3 is 12.1 Å². The van der Waals surface area contributed by atoms with Crippen LogP contribution in [0.2, 0.25) is 0 Å². The molecule has 0 radical (unpaired) electrons. The molecule has 3 aromatic carbocycles. The number of anilines is 3. The van der Waals surface area contributed by atoms with E-state index in [0.29, 0.717) is 18.1 Å². The normalized spacial score (nSPS) is 10.8. The number of nitrogens with zero attached hydrogens (tertiary/aromatic N) is 2. The van der Waals surface area contributed by atoms with Gasteiger partial charge in [0.25, 0.3) is 5.91 Å². The van der Waals surface area contributed by atoms with Crippen LogP contribution < -0.4 is 16.0 Å². The third kappa shape index (κ3) is 7.79. The maximum absolute atomic E-state index is 12.6. The van der Waals surface area contributed by atoms with Gasteiger partial charge in [0.05, 0.1) is 5.52 Å². The lowest BCUT2D eigenvalue weighted by atomic mass is 10.1. The van der Waals surface area contributed by atoms with Crippen LogP contribution >= 0.6 is 11.3 Å². The number of aliphatic carboxylic acids is 1. The number of benzene rings is 3. The second kappa shape index (κ2) is 12.9. The molecular formula is C29H24F3N5O3S. The Morgan fingerprint density at radius 3 is 2.20 bits per heavy atom. The number of carboxylic acid groups (broad SMARTS) is 1. The average Bonchev–Trinajstić information content (AvgIpc) is 3.51. The summed E-state index contributed by atoms with van der Waals surface area (Å²) in [6, 6.07) is 25.4. The van der Waals surface area contributed by atoms with Crippen LogP contribution in [-0.4, -0.2) is 40.2 Å². The van der Waals surface area contributed by atoms with Crippen LogP contribution in [0.5, 0.6) is 0 Å². The first kappa shape index (κ1) is 29.0. The zero-order valence-corrected chi connectivity index (χ0v) is 22.4. The van der Waals surface area contributed by atoms with Crippen molar-refractivity contribution in [1.29, 1.82) is 0 Å². The molecule has 41 heavy (non-hydrogen) atoms. The minimum Gasteiger partial charge on any atom is -0.475 e. The molecule has 5 aromatic rings. The highest BCUT2D eigenvalue weighted by Crippen LogP contribution is 2.23. The molecule has 1 amide bonds. The van der Waals surface area contributed by atoms with Gasteiger partial charge in [-0.2, -0.15) is 29.5 Å². The first-order valence-electron chi connectivity index (χ1n) is 12.2. The van der Waals surface area contributed by atoms with Gasteiger partial charge < -0.3 is 21.1 Å². The molecule has 5 rings (SSSR count). The summed E-state index contributed by atoms with van der Waals surface area (Å²) in [7, 11) is 1.85. The number of rotatable bonds is 7. The predicted molar refractivity (Wildman–Crippen MR) is 154 cm³/mol. The molecule has 0 spiro atoms. The number of thiophene rings is 1. The fourth-order valence-corrected chi connectivity index (χ4v) is 4.34. The number of para-hydroxylation sites is 1. The van der Waals surface area contributed by atoms with E-state index in [4.69, 9.17) is 9.90 Å². The summed E-state index contributed by atoms with van der Waals surface area (Å²) in [5, 5.41) is 21.6. The SMILES string of the molecule is CNc1nc(NCc2ccc(NC(=O)c3ccc(-c4ccsc4)cc3)cc2)nc2ccccc12.O=C(O)C(F)(F)F. The Labute approximate surface area is 236 Å². The van der Waals surface area contributed by atoms with E-state index in [0.717, 1.165) is 39.1 Å². The lowest BCUT2D eigenvalue weighted by molar-refractivity contribution is -0.192. The lowest BCUT2D eigenvalue weighted by Gasteiger charge is -2.10. The van der Waals surface area contributed by atoms with Crippen LogP contribution in [0.15, 0.2) is 89.6 Å². The summed E-state index contributed by atoms with van der Waals surface area (Å²) in [4.78, 5) is 30.7. The van der Waals surface area contributed by atoms with Crippen LogP contribution in [0, 0.1) is 0 Å². The Hall–Kier alpha value is -4.97. The number of halogens is 3. The zero-order chi connectivity index (χ0) is 29.4. The Morgan fingerprint density at radius 1 is 0.902 bits per heavy atom. The van der Waals surface area contributed by atoms with Gasteiger partial charge in [-0.05, 0) is 69.9 Å². The number of aromatic nitrogens is 2. The molecule has 0 atom stereocenters.